The van der Waals surface area contributed by atoms with E-state index in [0.717, 1.165) is 65.5 Å². The van der Waals surface area contributed by atoms with Gasteiger partial charge >= 0.3 is 0 Å². The van der Waals surface area contributed by atoms with Crippen molar-refractivity contribution >= 4 is 0 Å². The third-order valence-electron chi connectivity index (χ3n) is 4.08. The molecule has 0 aromatic rings. The molecule has 2 fully saturated rings. The molecule has 0 spiro atoms. The number of nitrogens with zero attached hydrogens (tertiary/aromatic N) is 2. The van der Waals surface area contributed by atoms with Gasteiger partial charge in [0.15, 0.2) is 0 Å². The van der Waals surface area contributed by atoms with Crippen LogP contribution in [-0.4, -0.2) is 86.7 Å². The third-order valence-corrected chi connectivity index (χ3v) is 4.08. The van der Waals surface area contributed by atoms with Crippen LogP contribution in [0.5, 0.6) is 0 Å². The van der Waals surface area contributed by atoms with Crippen molar-refractivity contribution in [3.63, 3.8) is 0 Å². The molecule has 0 bridgehead atoms. The van der Waals surface area contributed by atoms with E-state index in [1.54, 1.807) is 0 Å². The standard InChI is InChI=1S/C15H30N2O3/c1-15(2,12-16-4-8-19-9-5-16)13-17-6-10-20-14(11-17)3-7-18/h14,18H,3-13H2,1-2H3. The molecule has 20 heavy (non-hydrogen) atoms. The summed E-state index contributed by atoms with van der Waals surface area (Å²) >= 11 is 0. The molecule has 1 N–H and O–H groups in total. The molecule has 1 atom stereocenters. The Bertz CT molecular complexity index is 278. The van der Waals surface area contributed by atoms with Crippen LogP contribution in [0, 0.1) is 5.41 Å². The van der Waals surface area contributed by atoms with Crippen LogP contribution in [0.2, 0.25) is 0 Å². The zero-order valence-corrected chi connectivity index (χ0v) is 13.0. The maximum atomic E-state index is 9.04. The molecule has 0 saturated carbocycles. The molecule has 118 valence electrons. The van der Waals surface area contributed by atoms with Crippen LogP contribution in [0.3, 0.4) is 0 Å². The van der Waals surface area contributed by atoms with Crippen LogP contribution < -0.4 is 0 Å². The molecule has 5 heteroatoms. The quantitative estimate of drug-likeness (QED) is 0.767. The molecule has 0 radical (unpaired) electrons. The van der Waals surface area contributed by atoms with E-state index in [4.69, 9.17) is 14.6 Å². The van der Waals surface area contributed by atoms with Crippen LogP contribution >= 0.6 is 0 Å². The van der Waals surface area contributed by atoms with Crippen molar-refractivity contribution in [2.24, 2.45) is 5.41 Å². The lowest BCUT2D eigenvalue weighted by Crippen LogP contribution is -2.50. The normalized spacial score (nSPS) is 26.9. The highest BCUT2D eigenvalue weighted by molar-refractivity contribution is 4.81. The molecular weight excluding hydrogens is 256 g/mol. The second-order valence-electron chi connectivity index (χ2n) is 6.79. The molecular formula is C15H30N2O3. The first-order chi connectivity index (χ1) is 9.59. The monoisotopic (exact) mass is 286 g/mol. The minimum atomic E-state index is 0.202. The molecule has 0 aliphatic carbocycles. The molecule has 0 aromatic carbocycles. The average molecular weight is 286 g/mol. The Morgan fingerprint density at radius 1 is 1.05 bits per heavy atom. The molecule has 2 aliphatic rings. The Morgan fingerprint density at radius 2 is 1.70 bits per heavy atom. The van der Waals surface area contributed by atoms with Gasteiger partial charge in [0.1, 0.15) is 0 Å². The van der Waals surface area contributed by atoms with Crippen molar-refractivity contribution in [2.75, 3.05) is 65.7 Å². The average Bonchev–Trinajstić information content (AvgIpc) is 2.39. The highest BCUT2D eigenvalue weighted by Gasteiger charge is 2.28. The van der Waals surface area contributed by atoms with Crippen molar-refractivity contribution in [2.45, 2.75) is 26.4 Å². The summed E-state index contributed by atoms with van der Waals surface area (Å²) in [6.07, 6.45) is 0.952. The second kappa shape index (κ2) is 7.71. The van der Waals surface area contributed by atoms with Gasteiger partial charge in [0.2, 0.25) is 0 Å². The van der Waals surface area contributed by atoms with Gasteiger partial charge in [-0.3, -0.25) is 9.80 Å². The van der Waals surface area contributed by atoms with E-state index in [1.807, 2.05) is 0 Å². The van der Waals surface area contributed by atoms with Gasteiger partial charge in [-0.1, -0.05) is 13.8 Å². The smallest absolute Gasteiger partial charge is 0.0724 e. The van der Waals surface area contributed by atoms with Gasteiger partial charge in [0.25, 0.3) is 0 Å². The maximum Gasteiger partial charge on any atom is 0.0724 e. The summed E-state index contributed by atoms with van der Waals surface area (Å²) in [6.45, 7) is 13.7. The summed E-state index contributed by atoms with van der Waals surface area (Å²) in [5.74, 6) is 0. The van der Waals surface area contributed by atoms with E-state index in [1.165, 1.54) is 0 Å². The first kappa shape index (κ1) is 16.2. The van der Waals surface area contributed by atoms with Crippen LogP contribution in [0.4, 0.5) is 0 Å². The SMILES string of the molecule is CC(C)(CN1CCOCC1)CN1CCOC(CCO)C1. The molecule has 5 nitrogen and oxygen atoms in total. The summed E-state index contributed by atoms with van der Waals surface area (Å²) in [6, 6.07) is 0. The lowest BCUT2D eigenvalue weighted by atomic mass is 9.91. The van der Waals surface area contributed by atoms with Gasteiger partial charge in [-0.05, 0) is 11.8 Å². The van der Waals surface area contributed by atoms with Crippen LogP contribution in [0.25, 0.3) is 0 Å². The number of hydrogen-bond donors (Lipinski definition) is 1. The van der Waals surface area contributed by atoms with Crippen molar-refractivity contribution < 1.29 is 14.6 Å². The van der Waals surface area contributed by atoms with Gasteiger partial charge in [-0.15, -0.1) is 0 Å². The Balaban J connectivity index is 1.77. The van der Waals surface area contributed by atoms with Crippen molar-refractivity contribution in [1.82, 2.24) is 9.80 Å². The Morgan fingerprint density at radius 3 is 2.40 bits per heavy atom. The summed E-state index contributed by atoms with van der Waals surface area (Å²) in [5.41, 5.74) is 0.276. The summed E-state index contributed by atoms with van der Waals surface area (Å²) in [5, 5.41) is 9.04. The number of ether oxygens (including phenoxy) is 2. The number of aliphatic hydroxyl groups is 1. The summed E-state index contributed by atoms with van der Waals surface area (Å²) in [4.78, 5) is 5.00. The number of hydrogen-bond acceptors (Lipinski definition) is 5. The van der Waals surface area contributed by atoms with E-state index in [2.05, 4.69) is 23.6 Å². The Kier molecular flexibility index (Phi) is 6.23. The van der Waals surface area contributed by atoms with Gasteiger partial charge in [0.05, 0.1) is 25.9 Å². The fourth-order valence-electron chi connectivity index (χ4n) is 3.26. The third kappa shape index (κ3) is 5.30. The molecule has 0 amide bonds. The summed E-state index contributed by atoms with van der Waals surface area (Å²) < 4.78 is 11.1. The maximum absolute atomic E-state index is 9.04. The molecule has 2 rings (SSSR count). The zero-order chi connectivity index (χ0) is 14.4. The van der Waals surface area contributed by atoms with Crippen LogP contribution in [0.15, 0.2) is 0 Å². The van der Waals surface area contributed by atoms with Crippen LogP contribution in [-0.2, 0) is 9.47 Å². The zero-order valence-electron chi connectivity index (χ0n) is 13.0. The highest BCUT2D eigenvalue weighted by atomic mass is 16.5. The Labute approximate surface area is 122 Å². The van der Waals surface area contributed by atoms with E-state index in [9.17, 15) is 0 Å². The first-order valence-corrected chi connectivity index (χ1v) is 7.84. The predicted octanol–water partition coefficient (Wildman–Crippen LogP) is 0.428. The largest absolute Gasteiger partial charge is 0.396 e. The number of morpholine rings is 2. The molecule has 2 heterocycles. The van der Waals surface area contributed by atoms with E-state index < -0.39 is 0 Å². The van der Waals surface area contributed by atoms with Crippen molar-refractivity contribution in [3.8, 4) is 0 Å². The minimum Gasteiger partial charge on any atom is -0.396 e. The fourth-order valence-corrected chi connectivity index (χ4v) is 3.26. The van der Waals surface area contributed by atoms with Gasteiger partial charge in [-0.25, -0.2) is 0 Å². The predicted molar refractivity (Wildman–Crippen MR) is 78.9 cm³/mol. The number of rotatable bonds is 6. The van der Waals surface area contributed by atoms with Gasteiger partial charge in [-0.2, -0.15) is 0 Å². The Hall–Kier alpha value is -0.200. The fraction of sp³-hybridized carbons (Fsp3) is 1.00. The highest BCUT2D eigenvalue weighted by Crippen LogP contribution is 2.21. The van der Waals surface area contributed by atoms with Gasteiger partial charge < -0.3 is 14.6 Å². The summed E-state index contributed by atoms with van der Waals surface area (Å²) in [7, 11) is 0. The lowest BCUT2D eigenvalue weighted by molar-refractivity contribution is -0.0520. The molecule has 1 unspecified atom stereocenters. The second-order valence-corrected chi connectivity index (χ2v) is 6.79. The first-order valence-electron chi connectivity index (χ1n) is 7.84. The topological polar surface area (TPSA) is 45.2 Å². The lowest BCUT2D eigenvalue weighted by Gasteiger charge is -2.40. The van der Waals surface area contributed by atoms with Crippen molar-refractivity contribution in [3.05, 3.63) is 0 Å². The molecule has 2 aliphatic heterocycles. The molecule has 2 saturated heterocycles. The van der Waals surface area contributed by atoms with Crippen molar-refractivity contribution in [1.29, 1.82) is 0 Å². The molecule has 0 aromatic heterocycles. The van der Waals surface area contributed by atoms with Crippen LogP contribution in [0.1, 0.15) is 20.3 Å². The minimum absolute atomic E-state index is 0.202. The van der Waals surface area contributed by atoms with E-state index in [-0.39, 0.29) is 18.1 Å². The van der Waals surface area contributed by atoms with E-state index in [0.29, 0.717) is 0 Å². The van der Waals surface area contributed by atoms with E-state index >= 15 is 0 Å². The number of aliphatic hydroxyl groups excluding tert-OH is 1. The van der Waals surface area contributed by atoms with Gasteiger partial charge in [0, 0.05) is 45.9 Å².